The summed E-state index contributed by atoms with van der Waals surface area (Å²) in [6, 6.07) is 7.70. The van der Waals surface area contributed by atoms with E-state index < -0.39 is 5.97 Å². The Bertz CT molecular complexity index is 529. The molecule has 4 nitrogen and oxygen atoms in total. The Balaban J connectivity index is 1.76. The molecule has 0 radical (unpaired) electrons. The van der Waals surface area contributed by atoms with Crippen molar-refractivity contribution >= 4 is 41.1 Å². The van der Waals surface area contributed by atoms with Crippen LogP contribution in [0.3, 0.4) is 0 Å². The van der Waals surface area contributed by atoms with E-state index in [2.05, 4.69) is 5.32 Å². The van der Waals surface area contributed by atoms with Crippen LogP contribution in [0.4, 0.5) is 5.69 Å². The highest BCUT2D eigenvalue weighted by Crippen LogP contribution is 2.50. The normalized spacial score (nSPS) is 15.5. The summed E-state index contributed by atoms with van der Waals surface area (Å²) in [5.41, 5.74) is 0.774. The number of carbonyl (C=O) groups excluding carboxylic acids is 1. The molecule has 6 heteroatoms. The second kappa shape index (κ2) is 7.22. The van der Waals surface area contributed by atoms with Crippen LogP contribution in [0.15, 0.2) is 29.2 Å². The SMILES string of the molecule is CSc1ccccc1NC(=O)CSCC1(CC(=O)O)CC1. The largest absolute Gasteiger partial charge is 0.481 e. The van der Waals surface area contributed by atoms with Gasteiger partial charge in [-0.05, 0) is 42.4 Å². The van der Waals surface area contributed by atoms with Gasteiger partial charge in [-0.1, -0.05) is 12.1 Å². The highest BCUT2D eigenvalue weighted by molar-refractivity contribution is 8.00. The second-order valence-electron chi connectivity index (χ2n) is 5.31. The van der Waals surface area contributed by atoms with Crippen LogP contribution in [0.25, 0.3) is 0 Å². The van der Waals surface area contributed by atoms with Crippen LogP contribution < -0.4 is 5.32 Å². The molecule has 0 bridgehead atoms. The average molecular weight is 325 g/mol. The van der Waals surface area contributed by atoms with Gasteiger partial charge in [0.2, 0.25) is 5.91 Å². The van der Waals surface area contributed by atoms with E-state index in [9.17, 15) is 9.59 Å². The Morgan fingerprint density at radius 3 is 2.67 bits per heavy atom. The first-order valence-electron chi connectivity index (χ1n) is 6.77. The van der Waals surface area contributed by atoms with Gasteiger partial charge in [-0.3, -0.25) is 9.59 Å². The predicted octanol–water partition coefficient (Wildman–Crippen LogP) is 3.34. The molecule has 1 aliphatic carbocycles. The Morgan fingerprint density at radius 1 is 1.33 bits per heavy atom. The number of hydrogen-bond donors (Lipinski definition) is 2. The summed E-state index contributed by atoms with van der Waals surface area (Å²) in [6.07, 6.45) is 4.12. The summed E-state index contributed by atoms with van der Waals surface area (Å²) in [4.78, 5) is 23.8. The fraction of sp³-hybridized carbons (Fsp3) is 0.467. The Kier molecular flexibility index (Phi) is 5.58. The first-order chi connectivity index (χ1) is 10.0. The third-order valence-corrected chi connectivity index (χ3v) is 5.58. The smallest absolute Gasteiger partial charge is 0.303 e. The lowest BCUT2D eigenvalue weighted by Crippen LogP contribution is -2.17. The number of amides is 1. The average Bonchev–Trinajstić information content (AvgIpc) is 3.18. The molecule has 0 aromatic heterocycles. The number of benzene rings is 1. The predicted molar refractivity (Wildman–Crippen MR) is 88.1 cm³/mol. The minimum Gasteiger partial charge on any atom is -0.481 e. The molecule has 1 aromatic rings. The van der Waals surface area contributed by atoms with Crippen molar-refractivity contribution in [2.45, 2.75) is 24.2 Å². The molecule has 0 aliphatic heterocycles. The van der Waals surface area contributed by atoms with Gasteiger partial charge in [0.15, 0.2) is 0 Å². The van der Waals surface area contributed by atoms with Crippen LogP contribution in [0.1, 0.15) is 19.3 Å². The van der Waals surface area contributed by atoms with E-state index in [0.717, 1.165) is 29.2 Å². The second-order valence-corrected chi connectivity index (χ2v) is 7.15. The van der Waals surface area contributed by atoms with E-state index in [1.165, 1.54) is 11.8 Å². The van der Waals surface area contributed by atoms with Gasteiger partial charge in [0.1, 0.15) is 0 Å². The molecular formula is C15H19NO3S2. The number of nitrogens with one attached hydrogen (secondary N) is 1. The van der Waals surface area contributed by atoms with Gasteiger partial charge in [-0.15, -0.1) is 11.8 Å². The molecule has 1 amide bonds. The number of aliphatic carboxylic acids is 1. The number of carboxylic acids is 1. The van der Waals surface area contributed by atoms with Crippen LogP contribution in [-0.2, 0) is 9.59 Å². The van der Waals surface area contributed by atoms with Gasteiger partial charge in [-0.2, -0.15) is 11.8 Å². The summed E-state index contributed by atoms with van der Waals surface area (Å²) in [5, 5.41) is 11.8. The molecule has 0 atom stereocenters. The van der Waals surface area contributed by atoms with Crippen molar-refractivity contribution in [2.24, 2.45) is 5.41 Å². The van der Waals surface area contributed by atoms with Crippen LogP contribution in [0, 0.1) is 5.41 Å². The molecule has 21 heavy (non-hydrogen) atoms. The molecule has 1 fully saturated rings. The number of anilines is 1. The van der Waals surface area contributed by atoms with Crippen molar-refractivity contribution in [1.82, 2.24) is 0 Å². The van der Waals surface area contributed by atoms with E-state index >= 15 is 0 Å². The molecule has 0 saturated heterocycles. The highest BCUT2D eigenvalue weighted by atomic mass is 32.2. The quantitative estimate of drug-likeness (QED) is 0.718. The standard InChI is InChI=1S/C15H19NO3S2/c1-20-12-5-3-2-4-11(12)16-13(17)9-21-10-15(6-7-15)8-14(18)19/h2-5H,6-10H2,1H3,(H,16,17)(H,18,19). The van der Waals surface area contributed by atoms with Crippen LogP contribution in [0.5, 0.6) is 0 Å². The molecule has 1 saturated carbocycles. The number of para-hydroxylation sites is 1. The number of rotatable bonds is 8. The van der Waals surface area contributed by atoms with Gasteiger partial charge < -0.3 is 10.4 Å². The van der Waals surface area contributed by atoms with Crippen LogP contribution in [0.2, 0.25) is 0 Å². The van der Waals surface area contributed by atoms with E-state index in [-0.39, 0.29) is 17.7 Å². The van der Waals surface area contributed by atoms with E-state index in [4.69, 9.17) is 5.11 Å². The third kappa shape index (κ3) is 4.97. The lowest BCUT2D eigenvalue weighted by molar-refractivity contribution is -0.138. The lowest BCUT2D eigenvalue weighted by atomic mass is 10.1. The number of hydrogen-bond acceptors (Lipinski definition) is 4. The zero-order chi connectivity index (χ0) is 15.3. The molecule has 1 aliphatic rings. The number of thioether (sulfide) groups is 2. The van der Waals surface area contributed by atoms with Crippen LogP contribution >= 0.6 is 23.5 Å². The third-order valence-electron chi connectivity index (χ3n) is 3.51. The summed E-state index contributed by atoms with van der Waals surface area (Å²) in [5.74, 6) is 0.333. The summed E-state index contributed by atoms with van der Waals surface area (Å²) in [7, 11) is 0. The molecule has 114 valence electrons. The van der Waals surface area contributed by atoms with Gasteiger partial charge in [0, 0.05) is 4.90 Å². The van der Waals surface area contributed by atoms with Gasteiger partial charge >= 0.3 is 5.97 Å². The van der Waals surface area contributed by atoms with E-state index in [1.54, 1.807) is 11.8 Å². The Morgan fingerprint density at radius 2 is 2.05 bits per heavy atom. The molecule has 2 N–H and O–H groups in total. The zero-order valence-electron chi connectivity index (χ0n) is 11.9. The molecule has 2 rings (SSSR count). The van der Waals surface area contributed by atoms with Crippen LogP contribution in [-0.4, -0.2) is 34.7 Å². The fourth-order valence-corrected chi connectivity index (χ4v) is 3.90. The lowest BCUT2D eigenvalue weighted by Gasteiger charge is -2.12. The van der Waals surface area contributed by atoms with E-state index in [1.807, 2.05) is 30.5 Å². The molecule has 1 aromatic carbocycles. The number of carboxylic acid groups (broad SMARTS) is 1. The molecule has 0 spiro atoms. The molecular weight excluding hydrogens is 306 g/mol. The minimum absolute atomic E-state index is 0.0346. The zero-order valence-corrected chi connectivity index (χ0v) is 13.6. The van der Waals surface area contributed by atoms with E-state index in [0.29, 0.717) is 5.75 Å². The monoisotopic (exact) mass is 325 g/mol. The summed E-state index contributed by atoms with van der Waals surface area (Å²) in [6.45, 7) is 0. The first-order valence-corrected chi connectivity index (χ1v) is 9.15. The van der Waals surface area contributed by atoms with Crippen molar-refractivity contribution in [1.29, 1.82) is 0 Å². The van der Waals surface area contributed by atoms with Gasteiger partial charge in [-0.25, -0.2) is 0 Å². The summed E-state index contributed by atoms with van der Waals surface area (Å²) < 4.78 is 0. The van der Waals surface area contributed by atoms with Crippen molar-refractivity contribution in [2.75, 3.05) is 23.1 Å². The highest BCUT2D eigenvalue weighted by Gasteiger charge is 2.44. The Labute approximate surface area is 133 Å². The first kappa shape index (κ1) is 16.2. The van der Waals surface area contributed by atoms with Gasteiger partial charge in [0.25, 0.3) is 0 Å². The number of carbonyl (C=O) groups is 2. The maximum Gasteiger partial charge on any atom is 0.303 e. The maximum atomic E-state index is 12.0. The Hall–Kier alpha value is -1.14. The minimum atomic E-state index is -0.744. The van der Waals surface area contributed by atoms with Crippen molar-refractivity contribution in [3.05, 3.63) is 24.3 Å². The van der Waals surface area contributed by atoms with Crippen molar-refractivity contribution < 1.29 is 14.7 Å². The van der Waals surface area contributed by atoms with Crippen molar-refractivity contribution in [3.63, 3.8) is 0 Å². The molecule has 0 heterocycles. The topological polar surface area (TPSA) is 66.4 Å². The maximum absolute atomic E-state index is 12.0. The summed E-state index contributed by atoms with van der Waals surface area (Å²) >= 11 is 3.12. The molecule has 0 unspecified atom stereocenters. The van der Waals surface area contributed by atoms with Gasteiger partial charge in [0.05, 0.1) is 17.9 Å². The van der Waals surface area contributed by atoms with Crippen molar-refractivity contribution in [3.8, 4) is 0 Å². The fourth-order valence-electron chi connectivity index (χ4n) is 2.16.